The summed E-state index contributed by atoms with van der Waals surface area (Å²) < 4.78 is 5.48. The molecule has 3 aromatic rings. The highest BCUT2D eigenvalue weighted by molar-refractivity contribution is 5.93. The highest BCUT2D eigenvalue weighted by atomic mass is 16.3. The molecule has 0 aliphatic heterocycles. The van der Waals surface area contributed by atoms with E-state index >= 15 is 0 Å². The number of furan rings is 1. The van der Waals surface area contributed by atoms with Crippen LogP contribution in [-0.2, 0) is 6.42 Å². The predicted molar refractivity (Wildman–Crippen MR) is 75.7 cm³/mol. The van der Waals surface area contributed by atoms with Gasteiger partial charge >= 0.3 is 0 Å². The Balaban J connectivity index is 1.59. The number of hydrogen-bond acceptors (Lipinski definition) is 4. The first-order valence-electron chi connectivity index (χ1n) is 6.60. The van der Waals surface area contributed by atoms with Crippen molar-refractivity contribution in [3.8, 4) is 11.5 Å². The molecule has 0 fully saturated rings. The average molecular weight is 285 g/mol. The van der Waals surface area contributed by atoms with Crippen LogP contribution in [0.4, 0.5) is 0 Å². The Morgan fingerprint density at radius 3 is 3.05 bits per heavy atom. The van der Waals surface area contributed by atoms with Gasteiger partial charge in [-0.2, -0.15) is 10.2 Å². The highest BCUT2D eigenvalue weighted by Gasteiger charge is 2.12. The van der Waals surface area contributed by atoms with Crippen molar-refractivity contribution in [1.82, 2.24) is 25.7 Å². The van der Waals surface area contributed by atoms with Crippen molar-refractivity contribution >= 4 is 5.91 Å². The van der Waals surface area contributed by atoms with E-state index < -0.39 is 0 Å². The second-order valence-corrected chi connectivity index (χ2v) is 4.69. The van der Waals surface area contributed by atoms with Crippen LogP contribution in [0.2, 0.25) is 0 Å². The maximum absolute atomic E-state index is 12.0. The van der Waals surface area contributed by atoms with Gasteiger partial charge in [0.1, 0.15) is 11.5 Å². The number of nitrogens with one attached hydrogen (secondary N) is 3. The van der Waals surface area contributed by atoms with Gasteiger partial charge in [0.25, 0.3) is 5.91 Å². The smallest absolute Gasteiger partial charge is 0.271 e. The van der Waals surface area contributed by atoms with Gasteiger partial charge < -0.3 is 9.73 Å². The Morgan fingerprint density at radius 1 is 1.43 bits per heavy atom. The third kappa shape index (κ3) is 3.02. The molecule has 0 bridgehead atoms. The Kier molecular flexibility index (Phi) is 3.55. The second-order valence-electron chi connectivity index (χ2n) is 4.69. The Hall–Kier alpha value is -2.83. The summed E-state index contributed by atoms with van der Waals surface area (Å²) >= 11 is 0. The van der Waals surface area contributed by atoms with Crippen LogP contribution in [-0.4, -0.2) is 32.8 Å². The van der Waals surface area contributed by atoms with E-state index in [9.17, 15) is 4.79 Å². The summed E-state index contributed by atoms with van der Waals surface area (Å²) in [4.78, 5) is 12.0. The van der Waals surface area contributed by atoms with E-state index in [0.29, 0.717) is 23.7 Å². The van der Waals surface area contributed by atoms with E-state index in [4.69, 9.17) is 4.42 Å². The molecule has 3 heterocycles. The van der Waals surface area contributed by atoms with Crippen LogP contribution in [0.1, 0.15) is 21.8 Å². The van der Waals surface area contributed by atoms with Gasteiger partial charge in [-0.05, 0) is 31.0 Å². The number of H-pyrrole nitrogens is 2. The number of hydrogen-bond donors (Lipinski definition) is 3. The van der Waals surface area contributed by atoms with Gasteiger partial charge in [0, 0.05) is 18.8 Å². The van der Waals surface area contributed by atoms with E-state index in [2.05, 4.69) is 25.7 Å². The summed E-state index contributed by atoms with van der Waals surface area (Å²) in [5.74, 6) is 1.26. The lowest BCUT2D eigenvalue weighted by Gasteiger charge is -2.00. The zero-order valence-electron chi connectivity index (χ0n) is 11.5. The normalized spacial score (nSPS) is 10.7. The van der Waals surface area contributed by atoms with Crippen molar-refractivity contribution in [2.45, 2.75) is 13.3 Å². The van der Waals surface area contributed by atoms with Crippen LogP contribution < -0.4 is 5.32 Å². The SMILES string of the molecule is Cc1ccc(-c2cc(C(=O)NCCc3cn[nH]c3)n[nH]2)o1. The van der Waals surface area contributed by atoms with Crippen LogP contribution in [0, 0.1) is 6.92 Å². The van der Waals surface area contributed by atoms with Crippen molar-refractivity contribution in [3.05, 3.63) is 47.6 Å². The average Bonchev–Trinajstić information content (AvgIpc) is 3.19. The van der Waals surface area contributed by atoms with Crippen molar-refractivity contribution in [2.75, 3.05) is 6.54 Å². The maximum atomic E-state index is 12.0. The largest absolute Gasteiger partial charge is 0.460 e. The van der Waals surface area contributed by atoms with Gasteiger partial charge in [0.05, 0.1) is 6.20 Å². The van der Waals surface area contributed by atoms with E-state index in [1.807, 2.05) is 19.1 Å². The number of carbonyl (C=O) groups is 1. The van der Waals surface area contributed by atoms with Crippen LogP contribution in [0.5, 0.6) is 0 Å². The number of aromatic amines is 2. The van der Waals surface area contributed by atoms with E-state index in [1.165, 1.54) is 0 Å². The van der Waals surface area contributed by atoms with Crippen molar-refractivity contribution in [1.29, 1.82) is 0 Å². The number of carbonyl (C=O) groups excluding carboxylic acids is 1. The molecule has 21 heavy (non-hydrogen) atoms. The molecule has 0 spiro atoms. The van der Waals surface area contributed by atoms with E-state index in [-0.39, 0.29) is 5.91 Å². The molecule has 0 atom stereocenters. The van der Waals surface area contributed by atoms with Crippen molar-refractivity contribution in [2.24, 2.45) is 0 Å². The standard InChI is InChI=1S/C14H15N5O2/c1-9-2-3-13(21-9)11-6-12(19-18-11)14(20)15-5-4-10-7-16-17-8-10/h2-3,6-8H,4-5H2,1H3,(H,15,20)(H,16,17)(H,18,19). The Bertz CT molecular complexity index is 726. The molecule has 0 saturated heterocycles. The van der Waals surface area contributed by atoms with Gasteiger partial charge in [-0.3, -0.25) is 15.0 Å². The number of amides is 1. The first-order chi connectivity index (χ1) is 10.2. The van der Waals surface area contributed by atoms with Crippen LogP contribution >= 0.6 is 0 Å². The minimum absolute atomic E-state index is 0.218. The maximum Gasteiger partial charge on any atom is 0.271 e. The van der Waals surface area contributed by atoms with Crippen LogP contribution in [0.3, 0.4) is 0 Å². The summed E-state index contributed by atoms with van der Waals surface area (Å²) in [6.07, 6.45) is 4.26. The minimum Gasteiger partial charge on any atom is -0.460 e. The molecule has 0 radical (unpaired) electrons. The lowest BCUT2D eigenvalue weighted by Crippen LogP contribution is -2.25. The number of nitrogens with zero attached hydrogens (tertiary/aromatic N) is 2. The first kappa shape index (κ1) is 13.2. The molecule has 3 aromatic heterocycles. The molecular formula is C14H15N5O2. The zero-order chi connectivity index (χ0) is 14.7. The summed E-state index contributed by atoms with van der Waals surface area (Å²) in [5.41, 5.74) is 2.07. The Morgan fingerprint density at radius 2 is 2.33 bits per heavy atom. The molecule has 0 saturated carbocycles. The van der Waals surface area contributed by atoms with E-state index in [0.717, 1.165) is 17.7 Å². The second kappa shape index (κ2) is 5.66. The molecule has 1 amide bonds. The molecule has 108 valence electrons. The lowest BCUT2D eigenvalue weighted by molar-refractivity contribution is 0.0949. The highest BCUT2D eigenvalue weighted by Crippen LogP contribution is 2.20. The van der Waals surface area contributed by atoms with Gasteiger partial charge in [0.2, 0.25) is 0 Å². The summed E-state index contributed by atoms with van der Waals surface area (Å²) in [7, 11) is 0. The number of rotatable bonds is 5. The molecular weight excluding hydrogens is 270 g/mol. The molecule has 0 aliphatic rings. The van der Waals surface area contributed by atoms with E-state index in [1.54, 1.807) is 18.5 Å². The van der Waals surface area contributed by atoms with Gasteiger partial charge in [-0.25, -0.2) is 0 Å². The summed E-state index contributed by atoms with van der Waals surface area (Å²) in [6, 6.07) is 5.37. The molecule has 0 aliphatic carbocycles. The number of aromatic nitrogens is 4. The minimum atomic E-state index is -0.218. The topological polar surface area (TPSA) is 99.6 Å². The first-order valence-corrected chi connectivity index (χ1v) is 6.60. The van der Waals surface area contributed by atoms with Crippen molar-refractivity contribution < 1.29 is 9.21 Å². The van der Waals surface area contributed by atoms with Gasteiger partial charge in [0.15, 0.2) is 11.5 Å². The summed E-state index contributed by atoms with van der Waals surface area (Å²) in [6.45, 7) is 2.39. The molecule has 0 aromatic carbocycles. The molecule has 3 N–H and O–H groups in total. The molecule has 7 nitrogen and oxygen atoms in total. The Labute approximate surface area is 120 Å². The lowest BCUT2D eigenvalue weighted by atomic mass is 10.2. The summed E-state index contributed by atoms with van der Waals surface area (Å²) in [5, 5.41) is 16.2. The number of aryl methyl sites for hydroxylation is 1. The quantitative estimate of drug-likeness (QED) is 0.664. The van der Waals surface area contributed by atoms with Gasteiger partial charge in [-0.1, -0.05) is 0 Å². The molecule has 7 heteroatoms. The van der Waals surface area contributed by atoms with Crippen molar-refractivity contribution in [3.63, 3.8) is 0 Å². The zero-order valence-corrected chi connectivity index (χ0v) is 11.5. The fourth-order valence-electron chi connectivity index (χ4n) is 1.97. The van der Waals surface area contributed by atoms with Crippen LogP contribution in [0.15, 0.2) is 35.0 Å². The van der Waals surface area contributed by atoms with Gasteiger partial charge in [-0.15, -0.1) is 0 Å². The molecule has 3 rings (SSSR count). The third-order valence-electron chi connectivity index (χ3n) is 3.07. The fourth-order valence-corrected chi connectivity index (χ4v) is 1.97. The molecule has 0 unspecified atom stereocenters. The predicted octanol–water partition coefficient (Wildman–Crippen LogP) is 1.67. The van der Waals surface area contributed by atoms with Crippen LogP contribution in [0.25, 0.3) is 11.5 Å². The third-order valence-corrected chi connectivity index (χ3v) is 3.07. The monoisotopic (exact) mass is 285 g/mol. The fraction of sp³-hybridized carbons (Fsp3) is 0.214.